The fourth-order valence-electron chi connectivity index (χ4n) is 4.45. The van der Waals surface area contributed by atoms with Crippen LogP contribution in [0, 0.1) is 5.92 Å². The van der Waals surface area contributed by atoms with Crippen molar-refractivity contribution in [3.05, 3.63) is 96.1 Å². The van der Waals surface area contributed by atoms with Gasteiger partial charge in [0.15, 0.2) is 0 Å². The SMILES string of the molecule is C[C@@H](CN1CCC([C@H](NC(=O)c2ccccn2)c2ccccn2)CC1)c1ccccc1. The molecule has 1 aromatic carbocycles. The molecule has 1 fully saturated rings. The van der Waals surface area contributed by atoms with Gasteiger partial charge < -0.3 is 10.2 Å². The predicted octanol–water partition coefficient (Wildman–Crippen LogP) is 4.46. The number of carbonyl (C=O) groups is 1. The van der Waals surface area contributed by atoms with Gasteiger partial charge in [-0.25, -0.2) is 0 Å². The maximum Gasteiger partial charge on any atom is 0.270 e. The zero-order valence-corrected chi connectivity index (χ0v) is 18.0. The van der Waals surface area contributed by atoms with E-state index in [0.29, 0.717) is 17.5 Å². The zero-order valence-electron chi connectivity index (χ0n) is 18.0. The van der Waals surface area contributed by atoms with Crippen molar-refractivity contribution in [1.29, 1.82) is 0 Å². The number of rotatable bonds is 7. The molecule has 0 aliphatic carbocycles. The summed E-state index contributed by atoms with van der Waals surface area (Å²) in [5.74, 6) is 0.718. The first-order chi connectivity index (χ1) is 15.2. The number of pyridine rings is 2. The number of hydrogen-bond acceptors (Lipinski definition) is 4. The quantitative estimate of drug-likeness (QED) is 0.620. The van der Waals surface area contributed by atoms with Crippen LogP contribution in [0.15, 0.2) is 79.1 Å². The molecule has 2 atom stereocenters. The number of aromatic nitrogens is 2. The number of amides is 1. The van der Waals surface area contributed by atoms with Gasteiger partial charge in [0.05, 0.1) is 11.7 Å². The summed E-state index contributed by atoms with van der Waals surface area (Å²) in [6, 6.07) is 21.9. The van der Waals surface area contributed by atoms with Crippen LogP contribution >= 0.6 is 0 Å². The van der Waals surface area contributed by atoms with Crippen molar-refractivity contribution in [3.8, 4) is 0 Å². The molecule has 160 valence electrons. The van der Waals surface area contributed by atoms with Crippen LogP contribution in [0.2, 0.25) is 0 Å². The van der Waals surface area contributed by atoms with E-state index in [9.17, 15) is 4.79 Å². The smallest absolute Gasteiger partial charge is 0.270 e. The lowest BCUT2D eigenvalue weighted by Gasteiger charge is -2.37. The van der Waals surface area contributed by atoms with Gasteiger partial charge in [-0.1, -0.05) is 49.4 Å². The van der Waals surface area contributed by atoms with E-state index >= 15 is 0 Å². The van der Waals surface area contributed by atoms with Crippen molar-refractivity contribution in [3.63, 3.8) is 0 Å². The van der Waals surface area contributed by atoms with E-state index < -0.39 is 0 Å². The van der Waals surface area contributed by atoms with Crippen LogP contribution < -0.4 is 5.32 Å². The Bertz CT molecular complexity index is 941. The largest absolute Gasteiger partial charge is 0.342 e. The third-order valence-corrected chi connectivity index (χ3v) is 6.19. The lowest BCUT2D eigenvalue weighted by Crippen LogP contribution is -2.42. The first-order valence-electron chi connectivity index (χ1n) is 11.1. The van der Waals surface area contributed by atoms with Crippen LogP contribution in [0.1, 0.15) is 53.5 Å². The molecule has 0 radical (unpaired) electrons. The standard InChI is InChI=1S/C26H30N4O/c1-20(21-9-3-2-4-10-21)19-30-17-13-22(14-18-30)25(23-11-5-7-15-27-23)29-26(31)24-12-6-8-16-28-24/h2-12,15-16,20,22,25H,13-14,17-19H2,1H3,(H,29,31)/t20-,25-/m0/s1. The molecular formula is C26H30N4O. The van der Waals surface area contributed by atoms with E-state index in [0.717, 1.165) is 38.2 Å². The summed E-state index contributed by atoms with van der Waals surface area (Å²) in [7, 11) is 0. The van der Waals surface area contributed by atoms with Gasteiger partial charge in [0.2, 0.25) is 0 Å². The average Bonchev–Trinajstić information content (AvgIpc) is 2.84. The summed E-state index contributed by atoms with van der Waals surface area (Å²) >= 11 is 0. The van der Waals surface area contributed by atoms with Gasteiger partial charge in [0, 0.05) is 18.9 Å². The maximum absolute atomic E-state index is 12.8. The number of nitrogens with zero attached hydrogens (tertiary/aromatic N) is 3. The number of benzene rings is 1. The van der Waals surface area contributed by atoms with Crippen LogP contribution in [0.3, 0.4) is 0 Å². The topological polar surface area (TPSA) is 58.1 Å². The molecule has 3 heterocycles. The van der Waals surface area contributed by atoms with Gasteiger partial charge in [-0.05, 0) is 67.6 Å². The van der Waals surface area contributed by atoms with E-state index in [4.69, 9.17) is 0 Å². The van der Waals surface area contributed by atoms with Gasteiger partial charge in [-0.2, -0.15) is 0 Å². The number of piperidine rings is 1. The lowest BCUT2D eigenvalue weighted by atomic mass is 9.86. The third-order valence-electron chi connectivity index (χ3n) is 6.19. The highest BCUT2D eigenvalue weighted by Gasteiger charge is 2.30. The normalized spacial score (nSPS) is 17.1. The molecule has 0 bridgehead atoms. The van der Waals surface area contributed by atoms with Crippen molar-refractivity contribution >= 4 is 5.91 Å². The summed E-state index contributed by atoms with van der Waals surface area (Å²) in [6.07, 6.45) is 5.51. The highest BCUT2D eigenvalue weighted by molar-refractivity contribution is 5.92. The number of carbonyl (C=O) groups excluding carboxylic acids is 1. The fourth-order valence-corrected chi connectivity index (χ4v) is 4.45. The maximum atomic E-state index is 12.8. The Morgan fingerprint density at radius 1 is 0.968 bits per heavy atom. The molecule has 2 aromatic heterocycles. The highest BCUT2D eigenvalue weighted by atomic mass is 16.1. The average molecular weight is 415 g/mol. The molecule has 5 heteroatoms. The molecule has 4 rings (SSSR count). The molecule has 3 aromatic rings. The first-order valence-corrected chi connectivity index (χ1v) is 11.1. The van der Waals surface area contributed by atoms with Crippen molar-refractivity contribution in [2.75, 3.05) is 19.6 Å². The number of likely N-dealkylation sites (tertiary alicyclic amines) is 1. The van der Waals surface area contributed by atoms with Crippen LogP contribution in [0.25, 0.3) is 0 Å². The lowest BCUT2D eigenvalue weighted by molar-refractivity contribution is 0.0884. The van der Waals surface area contributed by atoms with Gasteiger partial charge in [-0.3, -0.25) is 14.8 Å². The third kappa shape index (κ3) is 5.56. The fraction of sp³-hybridized carbons (Fsp3) is 0.346. The second-order valence-corrected chi connectivity index (χ2v) is 8.37. The number of hydrogen-bond donors (Lipinski definition) is 1. The Morgan fingerprint density at radius 2 is 1.65 bits per heavy atom. The molecule has 1 saturated heterocycles. The minimum atomic E-state index is -0.142. The van der Waals surface area contributed by atoms with Crippen molar-refractivity contribution in [2.24, 2.45) is 5.92 Å². The minimum absolute atomic E-state index is 0.107. The van der Waals surface area contributed by atoms with Gasteiger partial charge >= 0.3 is 0 Å². The van der Waals surface area contributed by atoms with Crippen molar-refractivity contribution in [2.45, 2.75) is 31.7 Å². The summed E-state index contributed by atoms with van der Waals surface area (Å²) in [6.45, 7) is 5.42. The van der Waals surface area contributed by atoms with E-state index in [1.807, 2.05) is 30.3 Å². The second-order valence-electron chi connectivity index (χ2n) is 8.37. The Labute approximate surface area is 184 Å². The Balaban J connectivity index is 1.41. The molecule has 0 saturated carbocycles. The van der Waals surface area contributed by atoms with E-state index in [-0.39, 0.29) is 11.9 Å². The Kier molecular flexibility index (Phi) is 7.05. The monoisotopic (exact) mass is 414 g/mol. The Morgan fingerprint density at radius 3 is 2.29 bits per heavy atom. The van der Waals surface area contributed by atoms with Crippen LogP contribution in [-0.4, -0.2) is 40.4 Å². The molecular weight excluding hydrogens is 384 g/mol. The van der Waals surface area contributed by atoms with Crippen molar-refractivity contribution in [1.82, 2.24) is 20.2 Å². The number of nitrogens with one attached hydrogen (secondary N) is 1. The molecule has 1 aliphatic heterocycles. The molecule has 1 aliphatic rings. The molecule has 1 amide bonds. The van der Waals surface area contributed by atoms with Crippen molar-refractivity contribution < 1.29 is 4.79 Å². The molecule has 0 unspecified atom stereocenters. The molecule has 0 spiro atoms. The summed E-state index contributed by atoms with van der Waals surface area (Å²) in [5.41, 5.74) is 2.75. The summed E-state index contributed by atoms with van der Waals surface area (Å²) < 4.78 is 0. The van der Waals surface area contributed by atoms with Gasteiger partial charge in [0.1, 0.15) is 5.69 Å². The van der Waals surface area contributed by atoms with Gasteiger partial charge in [-0.15, -0.1) is 0 Å². The van der Waals surface area contributed by atoms with E-state index in [1.54, 1.807) is 18.5 Å². The Hall–Kier alpha value is -3.05. The highest BCUT2D eigenvalue weighted by Crippen LogP contribution is 2.31. The first kappa shape index (κ1) is 21.2. The second kappa shape index (κ2) is 10.3. The summed E-state index contributed by atoms with van der Waals surface area (Å²) in [4.78, 5) is 24.1. The minimum Gasteiger partial charge on any atom is -0.342 e. The zero-order chi connectivity index (χ0) is 21.5. The van der Waals surface area contributed by atoms with E-state index in [1.165, 1.54) is 5.56 Å². The predicted molar refractivity (Wildman–Crippen MR) is 123 cm³/mol. The van der Waals surface area contributed by atoms with Crippen LogP contribution in [0.4, 0.5) is 0 Å². The van der Waals surface area contributed by atoms with E-state index in [2.05, 4.69) is 57.4 Å². The molecule has 1 N–H and O–H groups in total. The van der Waals surface area contributed by atoms with Crippen LogP contribution in [0.5, 0.6) is 0 Å². The molecule has 5 nitrogen and oxygen atoms in total. The van der Waals surface area contributed by atoms with Crippen LogP contribution in [-0.2, 0) is 0 Å². The molecule has 31 heavy (non-hydrogen) atoms. The summed E-state index contributed by atoms with van der Waals surface area (Å²) in [5, 5.41) is 3.22. The van der Waals surface area contributed by atoms with Gasteiger partial charge in [0.25, 0.3) is 5.91 Å².